The fraction of sp³-hybridized carbons (Fsp3) is 0.556. The van der Waals surface area contributed by atoms with Crippen molar-refractivity contribution in [3.8, 4) is 0 Å². The Bertz CT molecular complexity index is 591. The standard InChI is InChI=1S/C18H26FN3O3/c1-18(2,3)25-17(24)21-15-8-10-22(11-9-15)12-16(23)20-14-6-4-13(19)5-7-14/h4-7,15H,8-12H2,1-3H3,(H,20,23)(H,21,24). The van der Waals surface area contributed by atoms with E-state index >= 15 is 0 Å². The number of carbonyl (C=O) groups excluding carboxylic acids is 2. The average Bonchev–Trinajstić information content (AvgIpc) is 2.49. The maximum Gasteiger partial charge on any atom is 0.407 e. The van der Waals surface area contributed by atoms with Crippen molar-refractivity contribution in [1.29, 1.82) is 0 Å². The molecular weight excluding hydrogens is 325 g/mol. The number of halogens is 1. The van der Waals surface area contributed by atoms with Gasteiger partial charge in [-0.25, -0.2) is 9.18 Å². The molecule has 6 nitrogen and oxygen atoms in total. The van der Waals surface area contributed by atoms with Crippen LogP contribution in [-0.2, 0) is 9.53 Å². The number of hydrogen-bond acceptors (Lipinski definition) is 4. The number of hydrogen-bond donors (Lipinski definition) is 2. The van der Waals surface area contributed by atoms with Gasteiger partial charge in [-0.3, -0.25) is 9.69 Å². The van der Waals surface area contributed by atoms with Gasteiger partial charge in [0.05, 0.1) is 6.54 Å². The molecule has 2 amide bonds. The predicted octanol–water partition coefficient (Wildman–Crippen LogP) is 2.75. The number of alkyl carbamates (subject to hydrolysis) is 1. The molecule has 0 radical (unpaired) electrons. The first-order valence-corrected chi connectivity index (χ1v) is 8.48. The van der Waals surface area contributed by atoms with Crippen LogP contribution >= 0.6 is 0 Å². The van der Waals surface area contributed by atoms with Gasteiger partial charge < -0.3 is 15.4 Å². The number of benzene rings is 1. The highest BCUT2D eigenvalue weighted by Crippen LogP contribution is 2.13. The molecule has 7 heteroatoms. The molecule has 2 N–H and O–H groups in total. The number of nitrogens with one attached hydrogen (secondary N) is 2. The van der Waals surface area contributed by atoms with E-state index in [1.807, 2.05) is 25.7 Å². The number of amides is 2. The molecule has 0 aliphatic carbocycles. The molecular formula is C18H26FN3O3. The monoisotopic (exact) mass is 351 g/mol. The molecule has 0 bridgehead atoms. The number of ether oxygens (including phenoxy) is 1. The number of rotatable bonds is 4. The molecule has 1 aliphatic rings. The summed E-state index contributed by atoms with van der Waals surface area (Å²) in [6.07, 6.45) is 1.13. The molecule has 0 aromatic heterocycles. The summed E-state index contributed by atoms with van der Waals surface area (Å²) < 4.78 is 18.1. The number of nitrogens with zero attached hydrogens (tertiary/aromatic N) is 1. The Balaban J connectivity index is 1.70. The topological polar surface area (TPSA) is 70.7 Å². The van der Waals surface area contributed by atoms with Crippen LogP contribution in [0.4, 0.5) is 14.9 Å². The van der Waals surface area contributed by atoms with Crippen LogP contribution in [0.3, 0.4) is 0 Å². The van der Waals surface area contributed by atoms with Crippen LogP contribution < -0.4 is 10.6 Å². The maximum absolute atomic E-state index is 12.9. The molecule has 2 rings (SSSR count). The number of anilines is 1. The van der Waals surface area contributed by atoms with Crippen LogP contribution in [-0.4, -0.2) is 48.2 Å². The van der Waals surface area contributed by atoms with E-state index in [1.54, 1.807) is 0 Å². The lowest BCUT2D eigenvalue weighted by Gasteiger charge is -2.32. The number of carbonyl (C=O) groups is 2. The second-order valence-electron chi connectivity index (χ2n) is 7.25. The fourth-order valence-corrected chi connectivity index (χ4v) is 2.65. The zero-order valence-electron chi connectivity index (χ0n) is 15.0. The third-order valence-corrected chi connectivity index (χ3v) is 3.80. The minimum atomic E-state index is -0.511. The van der Waals surface area contributed by atoms with Gasteiger partial charge in [0, 0.05) is 24.8 Å². The van der Waals surface area contributed by atoms with Gasteiger partial charge in [-0.05, 0) is 57.9 Å². The summed E-state index contributed by atoms with van der Waals surface area (Å²) in [5.74, 6) is -0.470. The average molecular weight is 351 g/mol. The molecule has 1 aromatic rings. The van der Waals surface area contributed by atoms with Gasteiger partial charge in [-0.15, -0.1) is 0 Å². The van der Waals surface area contributed by atoms with Gasteiger partial charge in [0.25, 0.3) is 0 Å². The van der Waals surface area contributed by atoms with E-state index in [9.17, 15) is 14.0 Å². The molecule has 0 atom stereocenters. The van der Waals surface area contributed by atoms with Crippen molar-refractivity contribution < 1.29 is 18.7 Å². The minimum absolute atomic E-state index is 0.0614. The Morgan fingerprint density at radius 3 is 2.36 bits per heavy atom. The van der Waals surface area contributed by atoms with E-state index in [0.29, 0.717) is 5.69 Å². The van der Waals surface area contributed by atoms with Gasteiger partial charge in [0.15, 0.2) is 0 Å². The van der Waals surface area contributed by atoms with Crippen LogP contribution in [0.25, 0.3) is 0 Å². The largest absolute Gasteiger partial charge is 0.444 e. The van der Waals surface area contributed by atoms with Crippen molar-refractivity contribution in [3.05, 3.63) is 30.1 Å². The lowest BCUT2D eigenvalue weighted by Crippen LogP contribution is -2.47. The van der Waals surface area contributed by atoms with Crippen LogP contribution in [0.15, 0.2) is 24.3 Å². The molecule has 138 valence electrons. The first kappa shape index (κ1) is 19.2. The van der Waals surface area contributed by atoms with Gasteiger partial charge in [0.2, 0.25) is 5.91 Å². The Hall–Kier alpha value is -2.15. The predicted molar refractivity (Wildman–Crippen MR) is 93.9 cm³/mol. The first-order chi connectivity index (χ1) is 11.7. The summed E-state index contributed by atoms with van der Waals surface area (Å²) in [5.41, 5.74) is 0.0661. The molecule has 1 aromatic carbocycles. The summed E-state index contributed by atoms with van der Waals surface area (Å²) in [4.78, 5) is 25.9. The van der Waals surface area contributed by atoms with Crippen molar-refractivity contribution >= 4 is 17.7 Å². The molecule has 1 heterocycles. The quantitative estimate of drug-likeness (QED) is 0.875. The molecule has 1 fully saturated rings. The van der Waals surface area contributed by atoms with E-state index in [-0.39, 0.29) is 24.3 Å². The number of likely N-dealkylation sites (tertiary alicyclic amines) is 1. The summed E-state index contributed by atoms with van der Waals surface area (Å²) in [6.45, 7) is 7.20. The molecule has 0 saturated carbocycles. The lowest BCUT2D eigenvalue weighted by atomic mass is 10.1. The SMILES string of the molecule is CC(C)(C)OC(=O)NC1CCN(CC(=O)Nc2ccc(F)cc2)CC1. The van der Waals surface area contributed by atoms with E-state index in [1.165, 1.54) is 24.3 Å². The highest BCUT2D eigenvalue weighted by atomic mass is 19.1. The normalized spacial score (nSPS) is 16.3. The maximum atomic E-state index is 12.9. The molecule has 1 saturated heterocycles. The van der Waals surface area contributed by atoms with E-state index in [4.69, 9.17) is 4.74 Å². The Kier molecular flexibility index (Phi) is 6.36. The fourth-order valence-electron chi connectivity index (χ4n) is 2.65. The molecule has 0 spiro atoms. The summed E-state index contributed by atoms with van der Waals surface area (Å²) in [7, 11) is 0. The smallest absolute Gasteiger partial charge is 0.407 e. The summed E-state index contributed by atoms with van der Waals surface area (Å²) in [6, 6.07) is 5.74. The van der Waals surface area contributed by atoms with Gasteiger partial charge >= 0.3 is 6.09 Å². The van der Waals surface area contributed by atoms with Crippen LogP contribution in [0.5, 0.6) is 0 Å². The Morgan fingerprint density at radius 1 is 1.20 bits per heavy atom. The van der Waals surface area contributed by atoms with Crippen molar-refractivity contribution in [2.24, 2.45) is 0 Å². The molecule has 25 heavy (non-hydrogen) atoms. The van der Waals surface area contributed by atoms with Crippen molar-refractivity contribution in [3.63, 3.8) is 0 Å². The van der Waals surface area contributed by atoms with E-state index in [0.717, 1.165) is 25.9 Å². The Labute approximate surface area is 147 Å². The highest BCUT2D eigenvalue weighted by molar-refractivity contribution is 5.92. The zero-order valence-corrected chi connectivity index (χ0v) is 15.0. The first-order valence-electron chi connectivity index (χ1n) is 8.48. The van der Waals surface area contributed by atoms with Crippen LogP contribution in [0.1, 0.15) is 33.6 Å². The highest BCUT2D eigenvalue weighted by Gasteiger charge is 2.24. The third-order valence-electron chi connectivity index (χ3n) is 3.80. The van der Waals surface area contributed by atoms with Crippen LogP contribution in [0, 0.1) is 5.82 Å². The molecule has 0 unspecified atom stereocenters. The van der Waals surface area contributed by atoms with Gasteiger partial charge in [-0.1, -0.05) is 0 Å². The summed E-state index contributed by atoms with van der Waals surface area (Å²) >= 11 is 0. The second-order valence-corrected chi connectivity index (χ2v) is 7.25. The van der Waals surface area contributed by atoms with Crippen molar-refractivity contribution in [2.75, 3.05) is 25.0 Å². The molecule has 1 aliphatic heterocycles. The summed E-state index contributed by atoms with van der Waals surface area (Å²) in [5, 5.41) is 5.62. The lowest BCUT2D eigenvalue weighted by molar-refractivity contribution is -0.117. The van der Waals surface area contributed by atoms with Crippen molar-refractivity contribution in [2.45, 2.75) is 45.3 Å². The van der Waals surface area contributed by atoms with Gasteiger partial charge in [-0.2, -0.15) is 0 Å². The van der Waals surface area contributed by atoms with Gasteiger partial charge in [0.1, 0.15) is 11.4 Å². The van der Waals surface area contributed by atoms with Crippen LogP contribution in [0.2, 0.25) is 0 Å². The van der Waals surface area contributed by atoms with E-state index < -0.39 is 11.7 Å². The third kappa shape index (κ3) is 7.09. The number of piperidine rings is 1. The zero-order chi connectivity index (χ0) is 18.4. The van der Waals surface area contributed by atoms with Crippen molar-refractivity contribution in [1.82, 2.24) is 10.2 Å². The minimum Gasteiger partial charge on any atom is -0.444 e. The second kappa shape index (κ2) is 8.29. The van der Waals surface area contributed by atoms with E-state index in [2.05, 4.69) is 10.6 Å². The Morgan fingerprint density at radius 2 is 1.80 bits per heavy atom.